The van der Waals surface area contributed by atoms with E-state index in [-0.39, 0.29) is 11.9 Å². The number of benzene rings is 2. The van der Waals surface area contributed by atoms with Crippen molar-refractivity contribution >= 4 is 5.91 Å². The van der Waals surface area contributed by atoms with Crippen molar-refractivity contribution in [3.05, 3.63) is 59.7 Å². The van der Waals surface area contributed by atoms with E-state index in [2.05, 4.69) is 5.32 Å². The summed E-state index contributed by atoms with van der Waals surface area (Å²) in [4.78, 5) is 12.2. The number of ether oxygens (including phenoxy) is 2. The number of carbonyl (C=O) groups is 1. The largest absolute Gasteiger partial charge is 0.497 e. The summed E-state index contributed by atoms with van der Waals surface area (Å²) in [5, 5.41) is 3.00. The molecule has 2 rings (SSSR count). The molecule has 1 amide bonds. The molecule has 4 nitrogen and oxygen atoms in total. The van der Waals surface area contributed by atoms with Crippen LogP contribution in [0.3, 0.4) is 0 Å². The number of methoxy groups -OCH3 is 2. The molecule has 2 aromatic rings. The lowest BCUT2D eigenvalue weighted by Crippen LogP contribution is -2.28. The van der Waals surface area contributed by atoms with E-state index in [1.165, 1.54) is 0 Å². The lowest BCUT2D eigenvalue weighted by atomic mass is 10.1. The van der Waals surface area contributed by atoms with Crippen LogP contribution in [0.4, 0.5) is 0 Å². The number of hydrogen-bond acceptors (Lipinski definition) is 3. The average molecular weight is 299 g/mol. The van der Waals surface area contributed by atoms with Crippen LogP contribution in [0.5, 0.6) is 11.5 Å². The second kappa shape index (κ2) is 7.50. The summed E-state index contributed by atoms with van der Waals surface area (Å²) in [6.45, 7) is 1.95. The Balaban J connectivity index is 2.02. The first-order valence-corrected chi connectivity index (χ1v) is 7.19. The summed E-state index contributed by atoms with van der Waals surface area (Å²) in [5.74, 6) is 1.47. The standard InChI is InChI=1S/C18H21NO3/c1-13(14-8-6-9-16(11-14)21-2)19-18(20)12-15-7-4-5-10-17(15)22-3/h4-11,13H,12H2,1-3H3,(H,19,20). The van der Waals surface area contributed by atoms with E-state index in [4.69, 9.17) is 9.47 Å². The van der Waals surface area contributed by atoms with Gasteiger partial charge < -0.3 is 14.8 Å². The smallest absolute Gasteiger partial charge is 0.225 e. The van der Waals surface area contributed by atoms with Crippen LogP contribution in [0.2, 0.25) is 0 Å². The molecule has 0 heterocycles. The fraction of sp³-hybridized carbons (Fsp3) is 0.278. The monoisotopic (exact) mass is 299 g/mol. The van der Waals surface area contributed by atoms with Crippen molar-refractivity contribution in [3.8, 4) is 11.5 Å². The van der Waals surface area contributed by atoms with Gasteiger partial charge >= 0.3 is 0 Å². The zero-order valence-electron chi connectivity index (χ0n) is 13.1. The number of carbonyl (C=O) groups excluding carboxylic acids is 1. The molecule has 0 bridgehead atoms. The quantitative estimate of drug-likeness (QED) is 0.891. The molecule has 2 aromatic carbocycles. The Labute approximate surface area is 131 Å². The Morgan fingerprint density at radius 1 is 1.09 bits per heavy atom. The molecule has 1 N–H and O–H groups in total. The highest BCUT2D eigenvalue weighted by molar-refractivity contribution is 5.79. The van der Waals surface area contributed by atoms with Gasteiger partial charge in [0, 0.05) is 5.56 Å². The third-order valence-electron chi connectivity index (χ3n) is 3.51. The maximum Gasteiger partial charge on any atom is 0.225 e. The van der Waals surface area contributed by atoms with Crippen molar-refractivity contribution in [3.63, 3.8) is 0 Å². The van der Waals surface area contributed by atoms with E-state index < -0.39 is 0 Å². The second-order valence-corrected chi connectivity index (χ2v) is 5.05. The number of para-hydroxylation sites is 1. The summed E-state index contributed by atoms with van der Waals surface area (Å²) in [5.41, 5.74) is 1.88. The fourth-order valence-corrected chi connectivity index (χ4v) is 2.31. The summed E-state index contributed by atoms with van der Waals surface area (Å²) in [7, 11) is 3.24. The lowest BCUT2D eigenvalue weighted by Gasteiger charge is -2.16. The molecule has 0 radical (unpaired) electrons. The van der Waals surface area contributed by atoms with Gasteiger partial charge in [0.1, 0.15) is 11.5 Å². The van der Waals surface area contributed by atoms with Crippen LogP contribution in [-0.4, -0.2) is 20.1 Å². The molecule has 1 unspecified atom stereocenters. The molecule has 4 heteroatoms. The van der Waals surface area contributed by atoms with Crippen molar-refractivity contribution in [2.75, 3.05) is 14.2 Å². The first kappa shape index (κ1) is 15.9. The molecule has 0 aliphatic carbocycles. The van der Waals surface area contributed by atoms with E-state index in [9.17, 15) is 4.79 Å². The molecule has 0 saturated heterocycles. The first-order valence-electron chi connectivity index (χ1n) is 7.19. The minimum atomic E-state index is -0.0858. The van der Waals surface area contributed by atoms with Gasteiger partial charge in [-0.2, -0.15) is 0 Å². The zero-order chi connectivity index (χ0) is 15.9. The topological polar surface area (TPSA) is 47.6 Å². The van der Waals surface area contributed by atoms with Crippen molar-refractivity contribution in [2.45, 2.75) is 19.4 Å². The molecule has 0 fully saturated rings. The first-order chi connectivity index (χ1) is 10.6. The highest BCUT2D eigenvalue weighted by Gasteiger charge is 2.12. The number of amides is 1. The van der Waals surface area contributed by atoms with Gasteiger partial charge in [0.05, 0.1) is 26.7 Å². The van der Waals surface area contributed by atoms with Crippen molar-refractivity contribution in [1.82, 2.24) is 5.32 Å². The minimum Gasteiger partial charge on any atom is -0.497 e. The van der Waals surface area contributed by atoms with E-state index in [0.29, 0.717) is 6.42 Å². The maximum absolute atomic E-state index is 12.2. The SMILES string of the molecule is COc1cccc(C(C)NC(=O)Cc2ccccc2OC)c1. The number of rotatable bonds is 6. The Hall–Kier alpha value is -2.49. The van der Waals surface area contributed by atoms with Crippen LogP contribution in [0.25, 0.3) is 0 Å². The van der Waals surface area contributed by atoms with Gasteiger partial charge in [0.15, 0.2) is 0 Å². The van der Waals surface area contributed by atoms with Crippen LogP contribution >= 0.6 is 0 Å². The van der Waals surface area contributed by atoms with Crippen LogP contribution < -0.4 is 14.8 Å². The third kappa shape index (κ3) is 4.01. The Morgan fingerprint density at radius 2 is 1.86 bits per heavy atom. The summed E-state index contributed by atoms with van der Waals surface area (Å²) in [6.07, 6.45) is 0.290. The second-order valence-electron chi connectivity index (χ2n) is 5.05. The van der Waals surface area contributed by atoms with E-state index in [1.807, 2.05) is 55.5 Å². The van der Waals surface area contributed by atoms with E-state index >= 15 is 0 Å². The van der Waals surface area contributed by atoms with Gasteiger partial charge in [-0.25, -0.2) is 0 Å². The highest BCUT2D eigenvalue weighted by Crippen LogP contribution is 2.20. The van der Waals surface area contributed by atoms with Crippen LogP contribution in [0.1, 0.15) is 24.1 Å². The molecule has 0 spiro atoms. The number of hydrogen-bond donors (Lipinski definition) is 1. The van der Waals surface area contributed by atoms with Crippen LogP contribution in [0.15, 0.2) is 48.5 Å². The van der Waals surface area contributed by atoms with Crippen molar-refractivity contribution in [1.29, 1.82) is 0 Å². The summed E-state index contributed by atoms with van der Waals surface area (Å²) < 4.78 is 10.5. The molecule has 0 saturated carbocycles. The van der Waals surface area contributed by atoms with Crippen molar-refractivity contribution in [2.24, 2.45) is 0 Å². The van der Waals surface area contributed by atoms with E-state index in [1.54, 1.807) is 14.2 Å². The molecule has 0 aliphatic heterocycles. The van der Waals surface area contributed by atoms with Gasteiger partial charge in [-0.15, -0.1) is 0 Å². The Bertz CT molecular complexity index is 640. The Kier molecular flexibility index (Phi) is 5.42. The van der Waals surface area contributed by atoms with Crippen LogP contribution in [0, 0.1) is 0 Å². The van der Waals surface area contributed by atoms with Gasteiger partial charge in [-0.05, 0) is 30.7 Å². The summed E-state index contributed by atoms with van der Waals surface area (Å²) >= 11 is 0. The molecule has 0 aliphatic rings. The average Bonchev–Trinajstić information content (AvgIpc) is 2.55. The molecule has 22 heavy (non-hydrogen) atoms. The van der Waals surface area contributed by atoms with E-state index in [0.717, 1.165) is 22.6 Å². The predicted molar refractivity (Wildman–Crippen MR) is 86.2 cm³/mol. The zero-order valence-corrected chi connectivity index (χ0v) is 13.1. The van der Waals surface area contributed by atoms with Crippen molar-refractivity contribution < 1.29 is 14.3 Å². The normalized spacial score (nSPS) is 11.6. The maximum atomic E-state index is 12.2. The fourth-order valence-electron chi connectivity index (χ4n) is 2.31. The highest BCUT2D eigenvalue weighted by atomic mass is 16.5. The van der Waals surface area contributed by atoms with Gasteiger partial charge in [-0.3, -0.25) is 4.79 Å². The lowest BCUT2D eigenvalue weighted by molar-refractivity contribution is -0.121. The molecule has 1 atom stereocenters. The molecule has 0 aromatic heterocycles. The predicted octanol–water partition coefficient (Wildman–Crippen LogP) is 3.12. The molecular weight excluding hydrogens is 278 g/mol. The molecule has 116 valence electrons. The van der Waals surface area contributed by atoms with Gasteiger partial charge in [-0.1, -0.05) is 30.3 Å². The Morgan fingerprint density at radius 3 is 2.59 bits per heavy atom. The third-order valence-corrected chi connectivity index (χ3v) is 3.51. The number of nitrogens with one attached hydrogen (secondary N) is 1. The summed E-state index contributed by atoms with van der Waals surface area (Å²) in [6, 6.07) is 15.1. The molecular formula is C18H21NO3. The van der Waals surface area contributed by atoms with Gasteiger partial charge in [0.25, 0.3) is 0 Å². The van der Waals surface area contributed by atoms with Gasteiger partial charge in [0.2, 0.25) is 5.91 Å². The van der Waals surface area contributed by atoms with Crippen LogP contribution in [-0.2, 0) is 11.2 Å². The minimum absolute atomic E-state index is 0.0418.